The predicted molar refractivity (Wildman–Crippen MR) is 85.3 cm³/mol. The highest BCUT2D eigenvalue weighted by Crippen LogP contribution is 2.25. The van der Waals surface area contributed by atoms with Crippen LogP contribution in [0, 0.1) is 13.8 Å². The number of nitrogens with zero attached hydrogens (tertiary/aromatic N) is 2. The van der Waals surface area contributed by atoms with E-state index >= 15 is 0 Å². The first-order valence-corrected chi connectivity index (χ1v) is 7.11. The summed E-state index contributed by atoms with van der Waals surface area (Å²) in [6.45, 7) is 10.0. The third-order valence-corrected chi connectivity index (χ3v) is 3.27. The maximum absolute atomic E-state index is 12.2. The number of aryl methyl sites for hydroxylation is 3. The summed E-state index contributed by atoms with van der Waals surface area (Å²) in [5.74, 6) is -0.144. The van der Waals surface area contributed by atoms with Crippen LogP contribution in [0.3, 0.4) is 0 Å². The van der Waals surface area contributed by atoms with Crippen LogP contribution in [-0.2, 0) is 7.05 Å². The molecule has 0 atom stereocenters. The fourth-order valence-corrected chi connectivity index (χ4v) is 2.25. The van der Waals surface area contributed by atoms with Crippen molar-refractivity contribution in [1.82, 2.24) is 15.1 Å². The summed E-state index contributed by atoms with van der Waals surface area (Å²) in [6.07, 6.45) is 0. The van der Waals surface area contributed by atoms with Gasteiger partial charge in [0.25, 0.3) is 5.91 Å². The molecule has 112 valence electrons. The molecule has 1 amide bonds. The van der Waals surface area contributed by atoms with E-state index in [0.717, 1.165) is 11.3 Å². The standard InChI is InChI=1S/C17H23N3O/c1-11-7-8-12(2)13(9-11)15-10-14(19-20(15)6)16(21)18-17(3,4)5/h7-10H,1-6H3,(H,18,21). The van der Waals surface area contributed by atoms with E-state index in [-0.39, 0.29) is 11.4 Å². The summed E-state index contributed by atoms with van der Waals surface area (Å²) < 4.78 is 1.76. The zero-order chi connectivity index (χ0) is 15.8. The van der Waals surface area contributed by atoms with Gasteiger partial charge in [-0.3, -0.25) is 9.48 Å². The molecule has 21 heavy (non-hydrogen) atoms. The van der Waals surface area contributed by atoms with Crippen LogP contribution in [-0.4, -0.2) is 21.2 Å². The van der Waals surface area contributed by atoms with Crippen LogP contribution in [0.15, 0.2) is 24.3 Å². The van der Waals surface area contributed by atoms with Crippen molar-refractivity contribution < 1.29 is 4.79 Å². The maximum Gasteiger partial charge on any atom is 0.272 e. The summed E-state index contributed by atoms with van der Waals surface area (Å²) in [4.78, 5) is 12.2. The minimum absolute atomic E-state index is 0.144. The lowest BCUT2D eigenvalue weighted by molar-refractivity contribution is 0.0913. The van der Waals surface area contributed by atoms with Crippen LogP contribution in [0.1, 0.15) is 42.4 Å². The molecular formula is C17H23N3O. The predicted octanol–water partition coefficient (Wildman–Crippen LogP) is 3.23. The molecule has 0 saturated carbocycles. The van der Waals surface area contributed by atoms with E-state index in [2.05, 4.69) is 42.5 Å². The number of hydrogen-bond donors (Lipinski definition) is 1. The molecular weight excluding hydrogens is 262 g/mol. The number of carbonyl (C=O) groups is 1. The lowest BCUT2D eigenvalue weighted by Crippen LogP contribution is -2.40. The molecule has 0 radical (unpaired) electrons. The highest BCUT2D eigenvalue weighted by Gasteiger charge is 2.19. The molecule has 4 nitrogen and oxygen atoms in total. The Balaban J connectivity index is 2.40. The van der Waals surface area contributed by atoms with Gasteiger partial charge in [0, 0.05) is 18.2 Å². The van der Waals surface area contributed by atoms with Gasteiger partial charge in [-0.05, 0) is 52.3 Å². The third-order valence-electron chi connectivity index (χ3n) is 3.27. The van der Waals surface area contributed by atoms with E-state index in [1.165, 1.54) is 11.1 Å². The summed E-state index contributed by atoms with van der Waals surface area (Å²) in [6, 6.07) is 8.15. The molecule has 1 heterocycles. The van der Waals surface area contributed by atoms with Gasteiger partial charge in [-0.15, -0.1) is 0 Å². The molecule has 0 bridgehead atoms. The summed E-state index contributed by atoms with van der Waals surface area (Å²) in [5, 5.41) is 7.29. The lowest BCUT2D eigenvalue weighted by Gasteiger charge is -2.19. The Kier molecular flexibility index (Phi) is 3.90. The number of hydrogen-bond acceptors (Lipinski definition) is 2. The number of nitrogens with one attached hydrogen (secondary N) is 1. The van der Waals surface area contributed by atoms with Gasteiger partial charge in [-0.1, -0.05) is 17.7 Å². The lowest BCUT2D eigenvalue weighted by atomic mass is 10.0. The quantitative estimate of drug-likeness (QED) is 0.921. The topological polar surface area (TPSA) is 46.9 Å². The van der Waals surface area contributed by atoms with Crippen molar-refractivity contribution in [3.63, 3.8) is 0 Å². The largest absolute Gasteiger partial charge is 0.346 e. The number of aromatic nitrogens is 2. The first-order chi connectivity index (χ1) is 9.67. The van der Waals surface area contributed by atoms with Gasteiger partial charge in [0.05, 0.1) is 5.69 Å². The van der Waals surface area contributed by atoms with E-state index in [1.54, 1.807) is 4.68 Å². The first kappa shape index (κ1) is 15.3. The van der Waals surface area contributed by atoms with Crippen molar-refractivity contribution in [1.29, 1.82) is 0 Å². The highest BCUT2D eigenvalue weighted by atomic mass is 16.2. The fourth-order valence-electron chi connectivity index (χ4n) is 2.25. The Morgan fingerprint density at radius 3 is 2.48 bits per heavy atom. The second-order valence-electron chi connectivity index (χ2n) is 6.56. The zero-order valence-electron chi connectivity index (χ0n) is 13.6. The average Bonchev–Trinajstić information content (AvgIpc) is 2.72. The second kappa shape index (κ2) is 5.35. The van der Waals surface area contributed by atoms with E-state index < -0.39 is 0 Å². The van der Waals surface area contributed by atoms with Crippen molar-refractivity contribution in [3.8, 4) is 11.3 Å². The van der Waals surface area contributed by atoms with Crippen LogP contribution in [0.2, 0.25) is 0 Å². The van der Waals surface area contributed by atoms with Gasteiger partial charge in [0.2, 0.25) is 0 Å². The first-order valence-electron chi connectivity index (χ1n) is 7.11. The van der Waals surface area contributed by atoms with E-state index in [9.17, 15) is 4.79 Å². The molecule has 1 aromatic heterocycles. The molecule has 2 rings (SSSR count). The van der Waals surface area contributed by atoms with E-state index in [4.69, 9.17) is 0 Å². The SMILES string of the molecule is Cc1ccc(C)c(-c2cc(C(=O)NC(C)(C)C)nn2C)c1. The van der Waals surface area contributed by atoms with Gasteiger partial charge in [-0.2, -0.15) is 5.10 Å². The van der Waals surface area contributed by atoms with Gasteiger partial charge in [0.15, 0.2) is 5.69 Å². The Hall–Kier alpha value is -2.10. The Morgan fingerprint density at radius 1 is 1.19 bits per heavy atom. The van der Waals surface area contributed by atoms with Gasteiger partial charge in [-0.25, -0.2) is 0 Å². The number of amides is 1. The zero-order valence-corrected chi connectivity index (χ0v) is 13.6. The van der Waals surface area contributed by atoms with Gasteiger partial charge >= 0.3 is 0 Å². The van der Waals surface area contributed by atoms with Crippen LogP contribution < -0.4 is 5.32 Å². The summed E-state index contributed by atoms with van der Waals surface area (Å²) >= 11 is 0. The van der Waals surface area contributed by atoms with Crippen LogP contribution in [0.5, 0.6) is 0 Å². The van der Waals surface area contributed by atoms with Crippen molar-refractivity contribution in [2.45, 2.75) is 40.2 Å². The molecule has 0 fully saturated rings. The molecule has 1 aromatic carbocycles. The molecule has 0 aliphatic carbocycles. The smallest absolute Gasteiger partial charge is 0.272 e. The molecule has 0 aliphatic heterocycles. The van der Waals surface area contributed by atoms with E-state index in [1.807, 2.05) is 33.9 Å². The van der Waals surface area contributed by atoms with Crippen molar-refractivity contribution >= 4 is 5.91 Å². The molecule has 1 N–H and O–H groups in total. The Labute approximate surface area is 126 Å². The van der Waals surface area contributed by atoms with Crippen LogP contribution in [0.25, 0.3) is 11.3 Å². The normalized spacial score (nSPS) is 11.5. The Morgan fingerprint density at radius 2 is 1.86 bits per heavy atom. The molecule has 0 unspecified atom stereocenters. The Bertz CT molecular complexity index is 678. The minimum Gasteiger partial charge on any atom is -0.346 e. The molecule has 0 spiro atoms. The summed E-state index contributed by atoms with van der Waals surface area (Å²) in [7, 11) is 1.87. The monoisotopic (exact) mass is 285 g/mol. The molecule has 4 heteroatoms. The van der Waals surface area contributed by atoms with Crippen molar-refractivity contribution in [2.24, 2.45) is 7.05 Å². The molecule has 2 aromatic rings. The van der Waals surface area contributed by atoms with Gasteiger partial charge in [0.1, 0.15) is 0 Å². The molecule has 0 aliphatic rings. The second-order valence-corrected chi connectivity index (χ2v) is 6.56. The number of rotatable bonds is 2. The van der Waals surface area contributed by atoms with Crippen LogP contribution in [0.4, 0.5) is 0 Å². The van der Waals surface area contributed by atoms with Crippen molar-refractivity contribution in [3.05, 3.63) is 41.1 Å². The number of carbonyl (C=O) groups excluding carboxylic acids is 1. The number of benzene rings is 1. The third kappa shape index (κ3) is 3.51. The fraction of sp³-hybridized carbons (Fsp3) is 0.412. The maximum atomic E-state index is 12.2. The van der Waals surface area contributed by atoms with Crippen molar-refractivity contribution in [2.75, 3.05) is 0 Å². The summed E-state index contributed by atoms with van der Waals surface area (Å²) in [5.41, 5.74) is 4.61. The van der Waals surface area contributed by atoms with Gasteiger partial charge < -0.3 is 5.32 Å². The average molecular weight is 285 g/mol. The molecule has 0 saturated heterocycles. The minimum atomic E-state index is -0.270. The van der Waals surface area contributed by atoms with E-state index in [0.29, 0.717) is 5.69 Å². The highest BCUT2D eigenvalue weighted by molar-refractivity contribution is 5.94. The van der Waals surface area contributed by atoms with Crippen LogP contribution >= 0.6 is 0 Å².